The van der Waals surface area contributed by atoms with Crippen LogP contribution in [0.2, 0.25) is 5.02 Å². The third kappa shape index (κ3) is 2.20. The number of methoxy groups -OCH3 is 1. The molecule has 0 radical (unpaired) electrons. The molecule has 78 valence electrons. The van der Waals surface area contributed by atoms with Crippen molar-refractivity contribution in [2.45, 2.75) is 19.8 Å². The summed E-state index contributed by atoms with van der Waals surface area (Å²) in [4.78, 5) is 0. The molecular weight excluding hydrogens is 200 g/mol. The van der Waals surface area contributed by atoms with Crippen LogP contribution >= 0.6 is 11.6 Å². The molecule has 0 amide bonds. The van der Waals surface area contributed by atoms with E-state index in [-0.39, 0.29) is 12.5 Å². The Kier molecular flexibility index (Phi) is 3.78. The van der Waals surface area contributed by atoms with E-state index in [9.17, 15) is 0 Å². The Morgan fingerprint density at radius 1 is 1.50 bits per heavy atom. The molecule has 0 heterocycles. The first kappa shape index (κ1) is 11.3. The van der Waals surface area contributed by atoms with Gasteiger partial charge in [-0.3, -0.25) is 0 Å². The van der Waals surface area contributed by atoms with Crippen LogP contribution in [0.5, 0.6) is 5.75 Å². The maximum Gasteiger partial charge on any atom is 0.123 e. The molecule has 0 aromatic heterocycles. The molecular formula is C11H15ClO2. The van der Waals surface area contributed by atoms with Crippen LogP contribution in [0.25, 0.3) is 0 Å². The fourth-order valence-corrected chi connectivity index (χ4v) is 1.71. The summed E-state index contributed by atoms with van der Waals surface area (Å²) in [7, 11) is 1.62. The average Bonchev–Trinajstić information content (AvgIpc) is 2.19. The highest BCUT2D eigenvalue weighted by atomic mass is 35.5. The number of ether oxygens (including phenoxy) is 1. The van der Waals surface area contributed by atoms with Gasteiger partial charge in [0.15, 0.2) is 0 Å². The number of aliphatic hydroxyl groups is 1. The molecule has 0 aliphatic rings. The maximum absolute atomic E-state index is 9.08. The summed E-state index contributed by atoms with van der Waals surface area (Å²) in [6, 6.07) is 3.66. The second-order valence-corrected chi connectivity index (χ2v) is 3.84. The fourth-order valence-electron chi connectivity index (χ4n) is 1.50. The Bertz CT molecular complexity index is 323. The zero-order chi connectivity index (χ0) is 10.7. The van der Waals surface area contributed by atoms with Gasteiger partial charge in [-0.25, -0.2) is 0 Å². The molecule has 2 nitrogen and oxygen atoms in total. The van der Waals surface area contributed by atoms with E-state index >= 15 is 0 Å². The van der Waals surface area contributed by atoms with Gasteiger partial charge in [0.25, 0.3) is 0 Å². The van der Waals surface area contributed by atoms with E-state index in [1.807, 2.05) is 19.9 Å². The third-order valence-electron chi connectivity index (χ3n) is 2.39. The van der Waals surface area contributed by atoms with Crippen molar-refractivity contribution in [2.75, 3.05) is 13.7 Å². The van der Waals surface area contributed by atoms with Gasteiger partial charge in [-0.15, -0.1) is 0 Å². The summed E-state index contributed by atoms with van der Waals surface area (Å²) in [6.45, 7) is 4.04. The molecule has 1 N–H and O–H groups in total. The Morgan fingerprint density at radius 2 is 2.14 bits per heavy atom. The highest BCUT2D eigenvalue weighted by Crippen LogP contribution is 2.30. The summed E-state index contributed by atoms with van der Waals surface area (Å²) in [5.41, 5.74) is 2.08. The van der Waals surface area contributed by atoms with Gasteiger partial charge < -0.3 is 9.84 Å². The molecule has 0 saturated carbocycles. The van der Waals surface area contributed by atoms with Crippen molar-refractivity contribution in [1.29, 1.82) is 0 Å². The van der Waals surface area contributed by atoms with Gasteiger partial charge in [0.1, 0.15) is 5.75 Å². The highest BCUT2D eigenvalue weighted by molar-refractivity contribution is 6.30. The number of halogens is 1. The summed E-state index contributed by atoms with van der Waals surface area (Å²) in [6.07, 6.45) is 0. The molecule has 0 aliphatic carbocycles. The molecule has 3 heteroatoms. The highest BCUT2D eigenvalue weighted by Gasteiger charge is 2.12. The molecule has 1 rings (SSSR count). The molecule has 0 fully saturated rings. The fraction of sp³-hybridized carbons (Fsp3) is 0.455. The van der Waals surface area contributed by atoms with Crippen LogP contribution in [-0.4, -0.2) is 18.8 Å². The second kappa shape index (κ2) is 4.67. The lowest BCUT2D eigenvalue weighted by Crippen LogP contribution is -2.02. The van der Waals surface area contributed by atoms with Crippen LogP contribution < -0.4 is 4.74 Å². The summed E-state index contributed by atoms with van der Waals surface area (Å²) in [5.74, 6) is 0.857. The van der Waals surface area contributed by atoms with Crippen LogP contribution in [0.15, 0.2) is 12.1 Å². The first-order valence-electron chi connectivity index (χ1n) is 4.55. The van der Waals surface area contributed by atoms with Crippen LogP contribution in [0, 0.1) is 6.92 Å². The first-order chi connectivity index (χ1) is 6.60. The number of aliphatic hydroxyl groups excluding tert-OH is 1. The van der Waals surface area contributed by atoms with E-state index in [4.69, 9.17) is 21.4 Å². The smallest absolute Gasteiger partial charge is 0.123 e. The number of hydrogen-bond donors (Lipinski definition) is 1. The van der Waals surface area contributed by atoms with E-state index in [2.05, 4.69) is 0 Å². The van der Waals surface area contributed by atoms with Crippen LogP contribution in [0.4, 0.5) is 0 Å². The lowest BCUT2D eigenvalue weighted by molar-refractivity contribution is 0.272. The predicted octanol–water partition coefficient (Wildman–Crippen LogP) is 2.75. The van der Waals surface area contributed by atoms with E-state index in [0.717, 1.165) is 16.9 Å². The van der Waals surface area contributed by atoms with Gasteiger partial charge in [-0.1, -0.05) is 18.5 Å². The SMILES string of the molecule is COc1cc(Cl)cc(C(C)CO)c1C. The largest absolute Gasteiger partial charge is 0.496 e. The molecule has 0 saturated heterocycles. The van der Waals surface area contributed by atoms with Crippen molar-refractivity contribution < 1.29 is 9.84 Å². The number of hydrogen-bond acceptors (Lipinski definition) is 2. The average molecular weight is 215 g/mol. The molecule has 1 atom stereocenters. The number of rotatable bonds is 3. The van der Waals surface area contributed by atoms with Gasteiger partial charge in [0.05, 0.1) is 7.11 Å². The van der Waals surface area contributed by atoms with E-state index < -0.39 is 0 Å². The monoisotopic (exact) mass is 214 g/mol. The van der Waals surface area contributed by atoms with Crippen LogP contribution in [0.1, 0.15) is 24.0 Å². The normalized spacial score (nSPS) is 12.6. The lowest BCUT2D eigenvalue weighted by Gasteiger charge is -2.15. The first-order valence-corrected chi connectivity index (χ1v) is 4.92. The summed E-state index contributed by atoms with van der Waals surface area (Å²) >= 11 is 5.94. The Hall–Kier alpha value is -0.730. The van der Waals surface area contributed by atoms with Gasteiger partial charge in [-0.2, -0.15) is 0 Å². The topological polar surface area (TPSA) is 29.5 Å². The van der Waals surface area contributed by atoms with Gasteiger partial charge in [0.2, 0.25) is 0 Å². The lowest BCUT2D eigenvalue weighted by atomic mass is 9.96. The minimum atomic E-state index is 0.0857. The van der Waals surface area contributed by atoms with Gasteiger partial charge in [0, 0.05) is 17.5 Å². The van der Waals surface area contributed by atoms with Crippen molar-refractivity contribution in [1.82, 2.24) is 0 Å². The van der Waals surface area contributed by atoms with E-state index in [1.54, 1.807) is 13.2 Å². The van der Waals surface area contributed by atoms with Gasteiger partial charge in [-0.05, 0) is 30.2 Å². The minimum absolute atomic E-state index is 0.0857. The van der Waals surface area contributed by atoms with Crippen molar-refractivity contribution >= 4 is 11.6 Å². The zero-order valence-corrected chi connectivity index (χ0v) is 9.43. The summed E-state index contributed by atoms with van der Waals surface area (Å²) < 4.78 is 5.20. The van der Waals surface area contributed by atoms with Crippen molar-refractivity contribution in [2.24, 2.45) is 0 Å². The molecule has 14 heavy (non-hydrogen) atoms. The van der Waals surface area contributed by atoms with Crippen molar-refractivity contribution in [3.05, 3.63) is 28.3 Å². The van der Waals surface area contributed by atoms with Crippen molar-refractivity contribution in [3.63, 3.8) is 0 Å². The van der Waals surface area contributed by atoms with E-state index in [0.29, 0.717) is 5.02 Å². The zero-order valence-electron chi connectivity index (χ0n) is 8.67. The van der Waals surface area contributed by atoms with Crippen LogP contribution in [-0.2, 0) is 0 Å². The van der Waals surface area contributed by atoms with Crippen LogP contribution in [0.3, 0.4) is 0 Å². The molecule has 1 aromatic carbocycles. The van der Waals surface area contributed by atoms with Gasteiger partial charge >= 0.3 is 0 Å². The molecule has 1 aromatic rings. The molecule has 0 aliphatic heterocycles. The maximum atomic E-state index is 9.08. The minimum Gasteiger partial charge on any atom is -0.496 e. The third-order valence-corrected chi connectivity index (χ3v) is 2.61. The standard InChI is InChI=1S/C11H15ClO2/c1-7(6-13)10-4-9(12)5-11(14-3)8(10)2/h4-5,7,13H,6H2,1-3H3. The Morgan fingerprint density at radius 3 is 2.64 bits per heavy atom. The molecule has 1 unspecified atom stereocenters. The number of benzene rings is 1. The molecule has 0 spiro atoms. The molecule has 0 bridgehead atoms. The predicted molar refractivity (Wildman–Crippen MR) is 58.2 cm³/mol. The van der Waals surface area contributed by atoms with E-state index in [1.165, 1.54) is 0 Å². The quantitative estimate of drug-likeness (QED) is 0.839. The van der Waals surface area contributed by atoms with Crippen molar-refractivity contribution in [3.8, 4) is 5.75 Å². The summed E-state index contributed by atoms with van der Waals surface area (Å²) in [5, 5.41) is 9.72. The Balaban J connectivity index is 3.21. The second-order valence-electron chi connectivity index (χ2n) is 3.41. The Labute approximate surface area is 89.5 Å².